The zero-order valence-electron chi connectivity index (χ0n) is 27.8. The normalized spacial score (nSPS) is 14.3. The van der Waals surface area contributed by atoms with Crippen LogP contribution in [0.15, 0.2) is 30.3 Å². The zero-order chi connectivity index (χ0) is 32.7. The largest absolute Gasteiger partial charge is 0.354 e. The van der Waals surface area contributed by atoms with Crippen LogP contribution in [0.2, 0.25) is 0 Å². The molecule has 0 radical (unpaired) electrons. The summed E-state index contributed by atoms with van der Waals surface area (Å²) < 4.78 is 0. The van der Waals surface area contributed by atoms with E-state index in [0.717, 1.165) is 12.0 Å². The molecule has 9 nitrogen and oxygen atoms in total. The van der Waals surface area contributed by atoms with Crippen molar-refractivity contribution >= 4 is 29.4 Å². The number of hydrogen-bond acceptors (Lipinski definition) is 5. The Morgan fingerprint density at radius 1 is 0.674 bits per heavy atom. The van der Waals surface area contributed by atoms with E-state index in [1.807, 2.05) is 71.9 Å². The van der Waals surface area contributed by atoms with E-state index in [1.165, 1.54) is 0 Å². The topological polar surface area (TPSA) is 133 Å². The molecule has 2 unspecified atom stereocenters. The molecule has 43 heavy (non-hydrogen) atoms. The van der Waals surface area contributed by atoms with Crippen LogP contribution in [-0.2, 0) is 30.4 Å². The van der Waals surface area contributed by atoms with Crippen molar-refractivity contribution in [3.8, 4) is 0 Å². The Morgan fingerprint density at radius 2 is 1.30 bits per heavy atom. The van der Waals surface area contributed by atoms with Gasteiger partial charge in [0.15, 0.2) is 5.78 Å². The fraction of sp³-hybridized carbons (Fsp3) is 0.676. The molecule has 0 aliphatic carbocycles. The molecule has 0 aliphatic rings. The predicted molar refractivity (Wildman–Crippen MR) is 171 cm³/mol. The highest BCUT2D eigenvalue weighted by Crippen LogP contribution is 2.18. The molecular weight excluding hydrogens is 544 g/mol. The monoisotopic (exact) mass is 600 g/mol. The van der Waals surface area contributed by atoms with E-state index in [0.29, 0.717) is 31.7 Å². The van der Waals surface area contributed by atoms with E-state index in [4.69, 9.17) is 0 Å². The predicted octanol–water partition coefficient (Wildman–Crippen LogP) is 4.19. The number of rotatable bonds is 19. The van der Waals surface area contributed by atoms with Crippen LogP contribution in [0.1, 0.15) is 93.6 Å². The molecule has 1 aromatic rings. The van der Waals surface area contributed by atoms with E-state index in [2.05, 4.69) is 35.1 Å². The molecule has 0 spiro atoms. The second kappa shape index (κ2) is 19.1. The van der Waals surface area contributed by atoms with Crippen LogP contribution in [0.3, 0.4) is 0 Å². The van der Waals surface area contributed by atoms with Crippen molar-refractivity contribution in [2.75, 3.05) is 6.54 Å². The Morgan fingerprint density at radius 3 is 1.84 bits per heavy atom. The minimum absolute atomic E-state index is 0.0956. The van der Waals surface area contributed by atoms with Crippen LogP contribution in [0.5, 0.6) is 0 Å². The third-order valence-corrected chi connectivity index (χ3v) is 7.19. The standard InChI is InChI=1S/C34H56N4O5/c1-21(2)15-16-35-32(41)25(9)36-33(42)27(19-26-13-11-10-12-14-26)20-29(39)28(17-22(3)4)37-34(43)31(24(7)8)38-30(40)18-23(5)6/h10-14,21-25,27-28,31H,15-20H2,1-9H3,(H,35,41)(H,36,42)(H,37,43)(H,38,40)/t25?,27-,28+,31?/m1/s1. The Labute approximate surface area is 259 Å². The molecule has 4 atom stereocenters. The molecule has 0 aromatic heterocycles. The maximum Gasteiger partial charge on any atom is 0.243 e. The summed E-state index contributed by atoms with van der Waals surface area (Å²) in [6, 6.07) is 7.05. The lowest BCUT2D eigenvalue weighted by atomic mass is 9.88. The zero-order valence-corrected chi connectivity index (χ0v) is 27.8. The van der Waals surface area contributed by atoms with Crippen LogP contribution in [0.4, 0.5) is 0 Å². The number of benzene rings is 1. The summed E-state index contributed by atoms with van der Waals surface area (Å²) in [4.78, 5) is 65.6. The number of nitrogens with one attached hydrogen (secondary N) is 4. The third kappa shape index (κ3) is 15.2. The Hall–Kier alpha value is -3.23. The van der Waals surface area contributed by atoms with Crippen molar-refractivity contribution in [1.82, 2.24) is 21.3 Å². The molecule has 242 valence electrons. The molecule has 0 heterocycles. The smallest absolute Gasteiger partial charge is 0.243 e. The van der Waals surface area contributed by atoms with Gasteiger partial charge >= 0.3 is 0 Å². The van der Waals surface area contributed by atoms with Crippen LogP contribution in [0, 0.1) is 29.6 Å². The average Bonchev–Trinajstić information content (AvgIpc) is 2.90. The van der Waals surface area contributed by atoms with Crippen molar-refractivity contribution in [3.63, 3.8) is 0 Å². The fourth-order valence-corrected chi connectivity index (χ4v) is 4.72. The maximum atomic E-state index is 13.7. The first-order chi connectivity index (χ1) is 20.1. The van der Waals surface area contributed by atoms with Gasteiger partial charge in [-0.3, -0.25) is 24.0 Å². The number of ketones is 1. The van der Waals surface area contributed by atoms with Gasteiger partial charge in [-0.25, -0.2) is 0 Å². The van der Waals surface area contributed by atoms with Crippen molar-refractivity contribution in [1.29, 1.82) is 0 Å². The highest BCUT2D eigenvalue weighted by atomic mass is 16.2. The summed E-state index contributed by atoms with van der Waals surface area (Å²) in [7, 11) is 0. The van der Waals surface area contributed by atoms with Crippen LogP contribution >= 0.6 is 0 Å². The molecule has 0 saturated heterocycles. The van der Waals surface area contributed by atoms with Gasteiger partial charge < -0.3 is 21.3 Å². The van der Waals surface area contributed by atoms with Gasteiger partial charge in [-0.1, -0.05) is 85.7 Å². The van der Waals surface area contributed by atoms with Crippen LogP contribution in [-0.4, -0.2) is 54.1 Å². The van der Waals surface area contributed by atoms with E-state index in [-0.39, 0.29) is 47.7 Å². The van der Waals surface area contributed by atoms with Gasteiger partial charge in [-0.2, -0.15) is 0 Å². The molecule has 9 heteroatoms. The highest BCUT2D eigenvalue weighted by Gasteiger charge is 2.32. The van der Waals surface area contributed by atoms with E-state index >= 15 is 0 Å². The van der Waals surface area contributed by atoms with Crippen molar-refractivity contribution in [3.05, 3.63) is 35.9 Å². The Balaban J connectivity index is 3.11. The average molecular weight is 601 g/mol. The molecular formula is C34H56N4O5. The van der Waals surface area contributed by atoms with Crippen LogP contribution in [0.25, 0.3) is 0 Å². The maximum absolute atomic E-state index is 13.7. The lowest BCUT2D eigenvalue weighted by molar-refractivity contribution is -0.135. The number of hydrogen-bond donors (Lipinski definition) is 4. The lowest BCUT2D eigenvalue weighted by Crippen LogP contribution is -2.54. The summed E-state index contributed by atoms with van der Waals surface area (Å²) in [5.74, 6) is -1.79. The van der Waals surface area contributed by atoms with Gasteiger partial charge in [-0.15, -0.1) is 0 Å². The van der Waals surface area contributed by atoms with E-state index in [1.54, 1.807) is 6.92 Å². The number of carbonyl (C=O) groups is 5. The summed E-state index contributed by atoms with van der Waals surface area (Å²) >= 11 is 0. The molecule has 0 saturated carbocycles. The minimum atomic E-state index is -0.821. The van der Waals surface area contributed by atoms with Crippen molar-refractivity contribution in [2.24, 2.45) is 29.6 Å². The van der Waals surface area contributed by atoms with E-state index in [9.17, 15) is 24.0 Å². The summed E-state index contributed by atoms with van der Waals surface area (Å²) in [6.45, 7) is 17.8. The Kier molecular flexibility index (Phi) is 16.8. The number of Topliss-reactive ketones (excluding diaryl/α,β-unsaturated/α-hetero) is 1. The minimum Gasteiger partial charge on any atom is -0.354 e. The first-order valence-corrected chi connectivity index (χ1v) is 15.8. The summed E-state index contributed by atoms with van der Waals surface area (Å²) in [5.41, 5.74) is 0.890. The van der Waals surface area contributed by atoms with Gasteiger partial charge in [0.1, 0.15) is 12.1 Å². The van der Waals surface area contributed by atoms with Crippen LogP contribution < -0.4 is 21.3 Å². The molecule has 4 N–H and O–H groups in total. The van der Waals surface area contributed by atoms with Crippen molar-refractivity contribution in [2.45, 2.75) is 113 Å². The highest BCUT2D eigenvalue weighted by molar-refractivity contribution is 5.95. The molecule has 0 fully saturated rings. The molecule has 1 aromatic carbocycles. The lowest BCUT2D eigenvalue weighted by Gasteiger charge is -2.27. The first kappa shape index (κ1) is 37.8. The summed E-state index contributed by atoms with van der Waals surface area (Å²) in [5, 5.41) is 11.4. The molecule has 1 rings (SSSR count). The number of carbonyl (C=O) groups excluding carboxylic acids is 5. The van der Waals surface area contributed by atoms with Gasteiger partial charge in [0.25, 0.3) is 0 Å². The second-order valence-corrected chi connectivity index (χ2v) is 13.3. The molecule has 0 bridgehead atoms. The Bertz CT molecular complexity index is 1040. The quantitative estimate of drug-likeness (QED) is 0.189. The summed E-state index contributed by atoms with van der Waals surface area (Å²) in [6.07, 6.45) is 1.73. The van der Waals surface area contributed by atoms with Gasteiger partial charge in [-0.05, 0) is 55.4 Å². The fourth-order valence-electron chi connectivity index (χ4n) is 4.72. The van der Waals surface area contributed by atoms with Gasteiger partial charge in [0.2, 0.25) is 23.6 Å². The number of amides is 4. The van der Waals surface area contributed by atoms with Gasteiger partial charge in [0.05, 0.1) is 6.04 Å². The molecule has 4 amide bonds. The second-order valence-electron chi connectivity index (χ2n) is 13.3. The van der Waals surface area contributed by atoms with Gasteiger partial charge in [0, 0.05) is 25.3 Å². The first-order valence-electron chi connectivity index (χ1n) is 15.8. The third-order valence-electron chi connectivity index (χ3n) is 7.19. The van der Waals surface area contributed by atoms with Crippen molar-refractivity contribution < 1.29 is 24.0 Å². The molecule has 0 aliphatic heterocycles. The van der Waals surface area contributed by atoms with E-state index < -0.39 is 30.0 Å². The SMILES string of the molecule is CC(C)CCNC(=O)C(C)NC(=O)[C@@H](CC(=O)[C@H](CC(C)C)NC(=O)C(NC(=O)CC(C)C)C(C)C)Cc1ccccc1.